The molecule has 1 saturated carbocycles. The summed E-state index contributed by atoms with van der Waals surface area (Å²) in [5.41, 5.74) is 0.651. The number of aliphatic hydroxyl groups excluding tert-OH is 1. The van der Waals surface area contributed by atoms with Gasteiger partial charge in [0, 0.05) is 38.0 Å². The quantitative estimate of drug-likeness (QED) is 0.125. The smallest absolute Gasteiger partial charge is 0.251 e. The van der Waals surface area contributed by atoms with Crippen LogP contribution in [0.1, 0.15) is 69.3 Å². The average molecular weight is 632 g/mol. The average Bonchev–Trinajstić information content (AvgIpc) is 3.81. The first-order valence-electron chi connectivity index (χ1n) is 14.9. The molecule has 11 heteroatoms. The van der Waals surface area contributed by atoms with Gasteiger partial charge < -0.3 is 15.7 Å². The zero-order chi connectivity index (χ0) is 31.6. The lowest BCUT2D eigenvalue weighted by molar-refractivity contribution is 0.0821. The van der Waals surface area contributed by atoms with Crippen molar-refractivity contribution in [2.45, 2.75) is 82.7 Å². The molecule has 9 nitrogen and oxygen atoms in total. The highest BCUT2D eigenvalue weighted by atomic mass is 35.5. The van der Waals surface area contributed by atoms with Gasteiger partial charge in [-0.2, -0.15) is 0 Å². The van der Waals surface area contributed by atoms with E-state index in [-0.39, 0.29) is 17.9 Å². The number of β-amino-alcohol motifs (C(OH)–C–C–N with tert-alkyl or cyclic N) is 1. The fraction of sp³-hybridized carbons (Fsp3) is 0.562. The van der Waals surface area contributed by atoms with Crippen LogP contribution in [-0.2, 0) is 16.4 Å². The van der Waals surface area contributed by atoms with Crippen LogP contribution in [0.3, 0.4) is 0 Å². The number of hydrogen-bond donors (Lipinski definition) is 4. The van der Waals surface area contributed by atoms with Crippen molar-refractivity contribution in [1.29, 1.82) is 0 Å². The van der Waals surface area contributed by atoms with Crippen molar-refractivity contribution in [2.75, 3.05) is 35.6 Å². The highest BCUT2D eigenvalue weighted by Gasteiger charge is 2.28. The number of nitrogens with one attached hydrogen (secondary N) is 3. The number of pyridine rings is 1. The summed E-state index contributed by atoms with van der Waals surface area (Å²) in [7, 11) is -2.23. The first kappa shape index (κ1) is 34.6. The number of alkyl halides is 1. The number of rotatable bonds is 16. The number of benzene rings is 1. The van der Waals surface area contributed by atoms with Crippen molar-refractivity contribution in [3.63, 3.8) is 0 Å². The number of amides is 1. The number of carbonyl (C=O) groups excluding carboxylic acids is 1. The van der Waals surface area contributed by atoms with Gasteiger partial charge in [0.25, 0.3) is 5.91 Å². The molecular formula is C32H46ClN5O4S. The van der Waals surface area contributed by atoms with Crippen LogP contribution in [0.4, 0.5) is 11.6 Å². The first-order chi connectivity index (χ1) is 20.3. The van der Waals surface area contributed by atoms with Crippen LogP contribution in [-0.4, -0.2) is 73.4 Å². The molecule has 4 N–H and O–H groups in total. The minimum Gasteiger partial charge on any atom is -0.390 e. The van der Waals surface area contributed by atoms with Gasteiger partial charge in [0.15, 0.2) is 0 Å². The van der Waals surface area contributed by atoms with Gasteiger partial charge in [0.05, 0.1) is 22.9 Å². The van der Waals surface area contributed by atoms with Crippen LogP contribution < -0.4 is 20.3 Å². The zero-order valence-corrected chi connectivity index (χ0v) is 27.4. The van der Waals surface area contributed by atoms with Gasteiger partial charge in [-0.1, -0.05) is 36.3 Å². The first-order valence-corrected chi connectivity index (χ1v) is 16.9. The van der Waals surface area contributed by atoms with Crippen LogP contribution in [0.25, 0.3) is 0 Å². The van der Waals surface area contributed by atoms with Crippen molar-refractivity contribution in [1.82, 2.24) is 15.6 Å². The van der Waals surface area contributed by atoms with Gasteiger partial charge in [0.1, 0.15) is 11.6 Å². The Kier molecular flexibility index (Phi) is 12.7. The van der Waals surface area contributed by atoms with Crippen LogP contribution >= 0.6 is 11.6 Å². The Balaban J connectivity index is 1.85. The predicted molar refractivity (Wildman–Crippen MR) is 175 cm³/mol. The lowest BCUT2D eigenvalue weighted by Gasteiger charge is -2.28. The number of aliphatic hydroxyl groups is 1. The molecule has 1 fully saturated rings. The molecule has 236 valence electrons. The van der Waals surface area contributed by atoms with Crippen LogP contribution in [0.5, 0.6) is 0 Å². The summed E-state index contributed by atoms with van der Waals surface area (Å²) >= 11 is 5.75. The standard InChI is InChI=1S/C32H46ClN5O4S/c1-23(2)43(41,42)38(5)30-20-26(19-29(37-30)34-21-25-14-15-25)31(40)36-27(18-24-12-8-6-9-13-24)28(39)22-35-32(3,4)16-10-7-11-17-33/h6,8-9,12-13,19-20,23,25,27-28,35,39H,7,11,14-15,17-18,21-22H2,1-5H3,(H,34,37)(H,36,40)/t27-,28+/m0/s1. The molecule has 1 aromatic heterocycles. The second-order valence-electron chi connectivity index (χ2n) is 11.9. The molecule has 2 atom stereocenters. The molecule has 43 heavy (non-hydrogen) atoms. The minimum atomic E-state index is -3.67. The van der Waals surface area contributed by atoms with Crippen molar-refractivity contribution in [3.8, 4) is 11.8 Å². The zero-order valence-electron chi connectivity index (χ0n) is 25.9. The molecule has 1 aliphatic carbocycles. The SMILES string of the molecule is CC(C)S(=O)(=O)N(C)c1cc(C(=O)N[C@@H](Cc2ccccc2)[C@H](O)CNC(C)(C)C#CCCCCl)cc(NCC2CC2)n1. The number of unbranched alkanes of at least 4 members (excludes halogenated alkanes) is 1. The Labute approximate surface area is 262 Å². The molecule has 0 bridgehead atoms. The van der Waals surface area contributed by atoms with E-state index < -0.39 is 38.9 Å². The molecule has 1 aliphatic rings. The van der Waals surface area contributed by atoms with Gasteiger partial charge in [-0.05, 0) is 77.0 Å². The van der Waals surface area contributed by atoms with Gasteiger partial charge in [0.2, 0.25) is 10.0 Å². The van der Waals surface area contributed by atoms with Gasteiger partial charge in [-0.3, -0.25) is 14.4 Å². The van der Waals surface area contributed by atoms with Crippen LogP contribution in [0, 0.1) is 17.8 Å². The Morgan fingerprint density at radius 2 is 1.91 bits per heavy atom. The maximum Gasteiger partial charge on any atom is 0.251 e. The summed E-state index contributed by atoms with van der Waals surface area (Å²) in [5, 5.41) is 20.2. The number of hydrogen-bond acceptors (Lipinski definition) is 7. The predicted octanol–water partition coefficient (Wildman–Crippen LogP) is 4.17. The molecule has 0 radical (unpaired) electrons. The van der Waals surface area contributed by atoms with Crippen LogP contribution in [0.15, 0.2) is 42.5 Å². The summed E-state index contributed by atoms with van der Waals surface area (Å²) in [4.78, 5) is 18.2. The van der Waals surface area contributed by atoms with Gasteiger partial charge in [-0.25, -0.2) is 13.4 Å². The molecule has 0 spiro atoms. The Hall–Kier alpha value is -2.84. The van der Waals surface area contributed by atoms with E-state index in [1.807, 2.05) is 44.2 Å². The number of nitrogens with zero attached hydrogens (tertiary/aromatic N) is 2. The van der Waals surface area contributed by atoms with Crippen molar-refractivity contribution >= 4 is 39.2 Å². The molecule has 2 aromatic rings. The second-order valence-corrected chi connectivity index (χ2v) is 14.8. The maximum absolute atomic E-state index is 13.7. The van der Waals surface area contributed by atoms with Crippen molar-refractivity contribution < 1.29 is 18.3 Å². The number of halogens is 1. The van der Waals surface area contributed by atoms with E-state index in [4.69, 9.17) is 11.6 Å². The largest absolute Gasteiger partial charge is 0.390 e. The summed E-state index contributed by atoms with van der Waals surface area (Å²) < 4.78 is 27.0. The monoisotopic (exact) mass is 631 g/mol. The Bertz CT molecular complexity index is 1370. The number of aromatic nitrogens is 1. The van der Waals surface area contributed by atoms with Gasteiger partial charge >= 0.3 is 0 Å². The Morgan fingerprint density at radius 1 is 1.21 bits per heavy atom. The van der Waals surface area contributed by atoms with E-state index >= 15 is 0 Å². The molecule has 1 aromatic carbocycles. The van der Waals surface area contributed by atoms with E-state index in [1.165, 1.54) is 13.1 Å². The highest BCUT2D eigenvalue weighted by molar-refractivity contribution is 7.93. The fourth-order valence-corrected chi connectivity index (χ4v) is 5.42. The van der Waals surface area contributed by atoms with E-state index in [9.17, 15) is 18.3 Å². The topological polar surface area (TPSA) is 124 Å². The number of anilines is 2. The van der Waals surface area contributed by atoms with Crippen LogP contribution in [0.2, 0.25) is 0 Å². The number of sulfonamides is 1. The maximum atomic E-state index is 13.7. The molecule has 3 rings (SSSR count). The molecular weight excluding hydrogens is 586 g/mol. The summed E-state index contributed by atoms with van der Waals surface area (Å²) in [6, 6.07) is 12.1. The van der Waals surface area contributed by atoms with E-state index in [0.29, 0.717) is 37.0 Å². The summed E-state index contributed by atoms with van der Waals surface area (Å²) in [5.74, 6) is 7.56. The van der Waals surface area contributed by atoms with E-state index in [0.717, 1.165) is 29.1 Å². The number of carbonyl (C=O) groups is 1. The Morgan fingerprint density at radius 3 is 2.53 bits per heavy atom. The van der Waals surface area contributed by atoms with Crippen molar-refractivity contribution in [3.05, 3.63) is 53.6 Å². The molecule has 0 aliphatic heterocycles. The third-order valence-corrected chi connectivity index (χ3v) is 9.72. The summed E-state index contributed by atoms with van der Waals surface area (Å²) in [6.07, 6.45) is 3.22. The fourth-order valence-electron chi connectivity index (χ4n) is 4.30. The summed E-state index contributed by atoms with van der Waals surface area (Å²) in [6.45, 7) is 7.98. The lowest BCUT2D eigenvalue weighted by atomic mass is 9.99. The van der Waals surface area contributed by atoms with Gasteiger partial charge in [-0.15, -0.1) is 17.5 Å². The van der Waals surface area contributed by atoms with E-state index in [1.54, 1.807) is 19.9 Å². The highest BCUT2D eigenvalue weighted by Crippen LogP contribution is 2.29. The third kappa shape index (κ3) is 11.0. The third-order valence-electron chi connectivity index (χ3n) is 7.31. The molecule has 0 unspecified atom stereocenters. The lowest BCUT2D eigenvalue weighted by Crippen LogP contribution is -2.52. The molecule has 1 heterocycles. The van der Waals surface area contributed by atoms with E-state index in [2.05, 4.69) is 32.8 Å². The molecule has 1 amide bonds. The normalized spacial score (nSPS) is 14.9. The van der Waals surface area contributed by atoms with Crippen molar-refractivity contribution in [2.24, 2.45) is 5.92 Å². The minimum absolute atomic E-state index is 0.149. The second kappa shape index (κ2) is 15.8. The molecule has 0 saturated heterocycles.